The topological polar surface area (TPSA) is 57.8 Å². The van der Waals surface area contributed by atoms with Crippen LogP contribution >= 0.6 is 22.6 Å². The van der Waals surface area contributed by atoms with E-state index in [0.717, 1.165) is 6.42 Å². The van der Waals surface area contributed by atoms with Crippen molar-refractivity contribution in [3.05, 3.63) is 20.3 Å². The Bertz CT molecular complexity index is 375. The number of rotatable bonds is 4. The van der Waals surface area contributed by atoms with Crippen LogP contribution in [0.15, 0.2) is 11.1 Å². The van der Waals surface area contributed by atoms with Crippen LogP contribution in [-0.2, 0) is 0 Å². The van der Waals surface area contributed by atoms with Gasteiger partial charge in [0, 0.05) is 6.04 Å². The average molecular weight is 321 g/mol. The molecule has 0 radical (unpaired) electrons. The molecule has 0 aliphatic heterocycles. The van der Waals surface area contributed by atoms with Crippen molar-refractivity contribution in [3.8, 4) is 0 Å². The third-order valence-corrected chi connectivity index (χ3v) is 3.01. The molecule has 0 amide bonds. The molecule has 1 atom stereocenters. The van der Waals surface area contributed by atoms with Gasteiger partial charge in [0.15, 0.2) is 0 Å². The van der Waals surface area contributed by atoms with Crippen molar-refractivity contribution in [3.63, 3.8) is 0 Å². The van der Waals surface area contributed by atoms with E-state index < -0.39 is 0 Å². The first-order valence-electron chi connectivity index (χ1n) is 5.00. The molecule has 15 heavy (non-hydrogen) atoms. The molecule has 2 N–H and O–H groups in total. The highest BCUT2D eigenvalue weighted by Crippen LogP contribution is 2.13. The maximum Gasteiger partial charge on any atom is 0.266 e. The first-order chi connectivity index (χ1) is 7.00. The van der Waals surface area contributed by atoms with Gasteiger partial charge in [0.1, 0.15) is 9.39 Å². The van der Waals surface area contributed by atoms with Crippen molar-refractivity contribution < 1.29 is 0 Å². The summed E-state index contributed by atoms with van der Waals surface area (Å²) >= 11 is 2.00. The summed E-state index contributed by atoms with van der Waals surface area (Å²) in [5.41, 5.74) is -0.0927. The van der Waals surface area contributed by atoms with Crippen LogP contribution in [0.4, 0.5) is 5.82 Å². The number of anilines is 1. The normalized spacial score (nSPS) is 12.9. The molecular formula is C10H16IN3O. The summed E-state index contributed by atoms with van der Waals surface area (Å²) in [7, 11) is 0. The van der Waals surface area contributed by atoms with Gasteiger partial charge in [0.25, 0.3) is 5.56 Å². The van der Waals surface area contributed by atoms with Crippen molar-refractivity contribution in [1.82, 2.24) is 9.97 Å². The Labute approximate surface area is 103 Å². The monoisotopic (exact) mass is 321 g/mol. The molecule has 1 unspecified atom stereocenters. The smallest absolute Gasteiger partial charge is 0.266 e. The van der Waals surface area contributed by atoms with Crippen molar-refractivity contribution in [1.29, 1.82) is 0 Å². The van der Waals surface area contributed by atoms with Crippen LogP contribution in [0.5, 0.6) is 0 Å². The number of hydrogen-bond acceptors (Lipinski definition) is 3. The fraction of sp³-hybridized carbons (Fsp3) is 0.600. The van der Waals surface area contributed by atoms with Crippen LogP contribution in [0.3, 0.4) is 0 Å². The summed E-state index contributed by atoms with van der Waals surface area (Å²) in [6, 6.07) is 0.327. The Balaban J connectivity index is 2.72. The summed E-state index contributed by atoms with van der Waals surface area (Å²) in [4.78, 5) is 18.0. The van der Waals surface area contributed by atoms with Gasteiger partial charge in [-0.05, 0) is 41.9 Å². The molecule has 0 saturated heterocycles. The molecule has 1 aromatic heterocycles. The summed E-state index contributed by atoms with van der Waals surface area (Å²) < 4.78 is 0.616. The molecule has 1 aromatic rings. The molecule has 0 saturated carbocycles. The molecule has 0 aromatic carbocycles. The zero-order chi connectivity index (χ0) is 11.4. The summed E-state index contributed by atoms with van der Waals surface area (Å²) in [5.74, 6) is 1.31. The molecule has 84 valence electrons. The van der Waals surface area contributed by atoms with E-state index in [0.29, 0.717) is 21.3 Å². The third kappa shape index (κ3) is 3.81. The van der Waals surface area contributed by atoms with Gasteiger partial charge in [-0.25, -0.2) is 4.98 Å². The van der Waals surface area contributed by atoms with Crippen LogP contribution in [-0.4, -0.2) is 16.0 Å². The summed E-state index contributed by atoms with van der Waals surface area (Å²) in [5, 5.41) is 3.24. The van der Waals surface area contributed by atoms with E-state index >= 15 is 0 Å². The van der Waals surface area contributed by atoms with Crippen LogP contribution in [0.2, 0.25) is 0 Å². The fourth-order valence-electron chi connectivity index (χ4n) is 1.48. The Morgan fingerprint density at radius 3 is 2.80 bits per heavy atom. The number of nitrogens with one attached hydrogen (secondary N) is 2. The molecule has 4 nitrogen and oxygen atoms in total. The lowest BCUT2D eigenvalue weighted by Crippen LogP contribution is -2.22. The number of hydrogen-bond donors (Lipinski definition) is 2. The van der Waals surface area contributed by atoms with Crippen LogP contribution in [0, 0.1) is 9.49 Å². The van der Waals surface area contributed by atoms with E-state index in [9.17, 15) is 4.79 Å². The van der Waals surface area contributed by atoms with Crippen LogP contribution in [0.25, 0.3) is 0 Å². The van der Waals surface area contributed by atoms with Crippen molar-refractivity contribution in [2.45, 2.75) is 33.2 Å². The number of aromatic amines is 1. The molecule has 0 fully saturated rings. The largest absolute Gasteiger partial charge is 0.367 e. The minimum atomic E-state index is -0.0927. The standard InChI is InChI=1S/C10H16IN3O/c1-6(2)4-7(3)14-9-8(11)10(15)13-5-12-9/h5-7H,4H2,1-3H3,(H2,12,13,14,15). The fourth-order valence-corrected chi connectivity index (χ4v) is 1.93. The zero-order valence-corrected chi connectivity index (χ0v) is 11.3. The van der Waals surface area contributed by atoms with Gasteiger partial charge in [-0.3, -0.25) is 4.79 Å². The molecule has 1 heterocycles. The SMILES string of the molecule is CC(C)CC(C)Nc1nc[nH]c(=O)c1I. The summed E-state index contributed by atoms with van der Waals surface area (Å²) in [6.07, 6.45) is 2.49. The quantitative estimate of drug-likeness (QED) is 0.836. The van der Waals surface area contributed by atoms with Crippen LogP contribution < -0.4 is 10.9 Å². The highest BCUT2D eigenvalue weighted by Gasteiger charge is 2.09. The van der Waals surface area contributed by atoms with Gasteiger partial charge in [-0.1, -0.05) is 13.8 Å². The first-order valence-corrected chi connectivity index (χ1v) is 6.08. The Morgan fingerprint density at radius 2 is 2.20 bits per heavy atom. The average Bonchev–Trinajstić information content (AvgIpc) is 2.11. The van der Waals surface area contributed by atoms with Crippen molar-refractivity contribution in [2.24, 2.45) is 5.92 Å². The number of aromatic nitrogens is 2. The lowest BCUT2D eigenvalue weighted by atomic mass is 10.1. The molecule has 1 rings (SSSR count). The second kappa shape index (κ2) is 5.48. The maximum absolute atomic E-state index is 11.3. The summed E-state index contributed by atoms with van der Waals surface area (Å²) in [6.45, 7) is 6.45. The Hall–Kier alpha value is -0.590. The minimum Gasteiger partial charge on any atom is -0.367 e. The minimum absolute atomic E-state index is 0.0927. The van der Waals surface area contributed by atoms with Gasteiger partial charge in [0.05, 0.1) is 6.33 Å². The molecule has 0 aliphatic rings. The van der Waals surface area contributed by atoms with Crippen molar-refractivity contribution in [2.75, 3.05) is 5.32 Å². The van der Waals surface area contributed by atoms with Crippen LogP contribution in [0.1, 0.15) is 27.2 Å². The molecular weight excluding hydrogens is 305 g/mol. The highest BCUT2D eigenvalue weighted by atomic mass is 127. The Kier molecular flexibility index (Phi) is 4.56. The van der Waals surface area contributed by atoms with E-state index in [1.54, 1.807) is 0 Å². The number of halogens is 1. The molecule has 0 spiro atoms. The van der Waals surface area contributed by atoms with Gasteiger partial charge >= 0.3 is 0 Å². The van der Waals surface area contributed by atoms with E-state index in [1.807, 2.05) is 22.6 Å². The highest BCUT2D eigenvalue weighted by molar-refractivity contribution is 14.1. The van der Waals surface area contributed by atoms with Gasteiger partial charge in [0.2, 0.25) is 0 Å². The lowest BCUT2D eigenvalue weighted by Gasteiger charge is -2.16. The molecule has 0 aliphatic carbocycles. The van der Waals surface area contributed by atoms with Gasteiger partial charge in [-0.15, -0.1) is 0 Å². The molecule has 5 heteroatoms. The first kappa shape index (κ1) is 12.5. The van der Waals surface area contributed by atoms with E-state index in [4.69, 9.17) is 0 Å². The second-order valence-electron chi connectivity index (χ2n) is 4.07. The van der Waals surface area contributed by atoms with E-state index in [2.05, 4.69) is 36.1 Å². The zero-order valence-electron chi connectivity index (χ0n) is 9.17. The number of H-pyrrole nitrogens is 1. The van der Waals surface area contributed by atoms with E-state index in [1.165, 1.54) is 6.33 Å². The molecule has 0 bridgehead atoms. The van der Waals surface area contributed by atoms with Gasteiger partial charge < -0.3 is 10.3 Å². The second-order valence-corrected chi connectivity index (χ2v) is 5.15. The number of nitrogens with zero attached hydrogens (tertiary/aromatic N) is 1. The maximum atomic E-state index is 11.3. The third-order valence-electron chi connectivity index (χ3n) is 2.00. The van der Waals surface area contributed by atoms with E-state index in [-0.39, 0.29) is 5.56 Å². The Morgan fingerprint density at radius 1 is 1.53 bits per heavy atom. The van der Waals surface area contributed by atoms with Crippen molar-refractivity contribution >= 4 is 28.4 Å². The predicted octanol–water partition coefficient (Wildman–Crippen LogP) is 2.22. The predicted molar refractivity (Wildman–Crippen MR) is 70.1 cm³/mol. The van der Waals surface area contributed by atoms with Gasteiger partial charge in [-0.2, -0.15) is 0 Å². The lowest BCUT2D eigenvalue weighted by molar-refractivity contribution is 0.538.